The lowest BCUT2D eigenvalue weighted by atomic mass is 10.0. The molecule has 0 heterocycles. The van der Waals surface area contributed by atoms with E-state index in [0.29, 0.717) is 6.42 Å². The molecule has 1 atom stereocenters. The van der Waals surface area contributed by atoms with Crippen LogP contribution in [0.4, 0.5) is 0 Å². The fraction of sp³-hybridized carbons (Fsp3) is 0.691. The molecule has 61 heavy (non-hydrogen) atoms. The molecule has 0 rings (SSSR count). The zero-order valence-corrected chi connectivity index (χ0v) is 39.7. The summed E-state index contributed by atoms with van der Waals surface area (Å²) in [5, 5.41) is 0. The Morgan fingerprint density at radius 2 is 0.770 bits per heavy atom. The van der Waals surface area contributed by atoms with Crippen LogP contribution >= 0.6 is 0 Å². The van der Waals surface area contributed by atoms with E-state index in [1.54, 1.807) is 6.08 Å². The first-order valence-corrected chi connectivity index (χ1v) is 25.1. The van der Waals surface area contributed by atoms with Crippen molar-refractivity contribution in [3.63, 3.8) is 0 Å². The maximum atomic E-state index is 12.7. The van der Waals surface area contributed by atoms with Gasteiger partial charge in [0.25, 0.3) is 0 Å². The van der Waals surface area contributed by atoms with Gasteiger partial charge in [0.1, 0.15) is 13.2 Å². The van der Waals surface area contributed by atoms with Gasteiger partial charge in [-0.1, -0.05) is 241 Å². The van der Waals surface area contributed by atoms with Crippen molar-refractivity contribution in [2.75, 3.05) is 13.2 Å². The first-order chi connectivity index (χ1) is 30.0. The molecule has 0 aliphatic carbocycles. The third kappa shape index (κ3) is 47.5. The van der Waals surface area contributed by atoms with Crippen molar-refractivity contribution >= 4 is 17.9 Å². The van der Waals surface area contributed by atoms with Crippen molar-refractivity contribution < 1.29 is 28.6 Å². The first-order valence-electron chi connectivity index (χ1n) is 25.1. The number of hydrogen-bond acceptors (Lipinski definition) is 6. The van der Waals surface area contributed by atoms with Crippen molar-refractivity contribution in [3.8, 4) is 0 Å². The molecule has 0 N–H and O–H groups in total. The van der Waals surface area contributed by atoms with Gasteiger partial charge in [-0.15, -0.1) is 0 Å². The van der Waals surface area contributed by atoms with Crippen LogP contribution in [0.2, 0.25) is 0 Å². The largest absolute Gasteiger partial charge is 0.462 e. The van der Waals surface area contributed by atoms with Gasteiger partial charge in [-0.3, -0.25) is 14.4 Å². The van der Waals surface area contributed by atoms with Gasteiger partial charge in [0, 0.05) is 12.8 Å². The maximum Gasteiger partial charge on any atom is 0.309 e. The second kappa shape index (κ2) is 49.2. The summed E-state index contributed by atoms with van der Waals surface area (Å²) in [5.74, 6) is -1.07. The Labute approximate surface area is 375 Å². The third-order valence-corrected chi connectivity index (χ3v) is 10.5. The number of rotatable bonds is 44. The van der Waals surface area contributed by atoms with Gasteiger partial charge in [0.2, 0.25) is 0 Å². The molecule has 6 nitrogen and oxygen atoms in total. The highest BCUT2D eigenvalue weighted by atomic mass is 16.6. The van der Waals surface area contributed by atoms with Crippen molar-refractivity contribution in [1.29, 1.82) is 0 Å². The predicted molar refractivity (Wildman–Crippen MR) is 261 cm³/mol. The number of carbonyl (C=O) groups is 3. The van der Waals surface area contributed by atoms with Crippen LogP contribution in [0, 0.1) is 0 Å². The Morgan fingerprint density at radius 3 is 1.28 bits per heavy atom. The minimum absolute atomic E-state index is 0.112. The average Bonchev–Trinajstić information content (AvgIpc) is 3.26. The first kappa shape index (κ1) is 57.6. The Balaban J connectivity index is 4.37. The summed E-state index contributed by atoms with van der Waals surface area (Å²) in [4.78, 5) is 37.8. The van der Waals surface area contributed by atoms with E-state index in [1.165, 1.54) is 103 Å². The smallest absolute Gasteiger partial charge is 0.309 e. The van der Waals surface area contributed by atoms with Crippen LogP contribution in [0.25, 0.3) is 0 Å². The normalized spacial score (nSPS) is 12.8. The molecule has 0 radical (unpaired) electrons. The van der Waals surface area contributed by atoms with E-state index in [0.717, 1.165) is 83.5 Å². The Hall–Kier alpha value is -3.41. The van der Waals surface area contributed by atoms with Gasteiger partial charge in [0.15, 0.2) is 6.10 Å². The minimum Gasteiger partial charge on any atom is -0.462 e. The van der Waals surface area contributed by atoms with E-state index in [1.807, 2.05) is 30.4 Å². The molecule has 1 unspecified atom stereocenters. The monoisotopic (exact) mass is 849 g/mol. The lowest BCUT2D eigenvalue weighted by Gasteiger charge is -2.18. The molecule has 348 valence electrons. The standard InChI is InChI=1S/C55H92O6/c1-4-7-10-13-16-19-21-23-25-26-27-28-30-31-33-36-39-42-45-48-54(57)60-51-52(50-59-53(56)47-44-41-38-35-18-15-12-9-6-3)61-55(58)49-46-43-40-37-34-32-29-24-22-20-17-14-11-8-5-2/h8-9,11-12,14,17-18,20,22,24,29,35,41,44,52H,4-7,10,13,15-16,19,21,23,25-28,30-34,36-40,42-43,45-51H2,1-3H3/b11-8-,12-9-,17-14-,22-20-,29-24-,35-18-,44-41-. The lowest BCUT2D eigenvalue weighted by molar-refractivity contribution is -0.166. The SMILES string of the molecule is CC\C=C/C=C\C=C/C=C\CCCCCCCC(=O)OC(COC(=O)C/C=C\C/C=C\C/C=C\CC)COC(=O)CCCCCCCCCCCCCCCCCCCCC. The maximum absolute atomic E-state index is 12.7. The molecule has 0 aromatic rings. The quantitative estimate of drug-likeness (QED) is 0.0200. The highest BCUT2D eigenvalue weighted by molar-refractivity contribution is 5.72. The lowest BCUT2D eigenvalue weighted by Crippen LogP contribution is -2.30. The molecule has 0 aliphatic rings. The number of unbranched alkanes of at least 4 members (excludes halogenated alkanes) is 23. The van der Waals surface area contributed by atoms with Crippen LogP contribution in [0.5, 0.6) is 0 Å². The molecular weight excluding hydrogens is 757 g/mol. The summed E-state index contributed by atoms with van der Waals surface area (Å²) in [6, 6.07) is 0. The third-order valence-electron chi connectivity index (χ3n) is 10.5. The summed E-state index contributed by atoms with van der Waals surface area (Å²) in [7, 11) is 0. The van der Waals surface area contributed by atoms with Gasteiger partial charge in [-0.2, -0.15) is 0 Å². The second-order valence-corrected chi connectivity index (χ2v) is 16.4. The second-order valence-electron chi connectivity index (χ2n) is 16.4. The van der Waals surface area contributed by atoms with Gasteiger partial charge in [-0.05, 0) is 51.4 Å². The summed E-state index contributed by atoms with van der Waals surface area (Å²) < 4.78 is 16.6. The summed E-state index contributed by atoms with van der Waals surface area (Å²) in [6.45, 7) is 6.27. The zero-order chi connectivity index (χ0) is 44.4. The van der Waals surface area contributed by atoms with E-state index in [4.69, 9.17) is 14.2 Å². The number of carbonyl (C=O) groups excluding carboxylic acids is 3. The van der Waals surface area contributed by atoms with Crippen molar-refractivity contribution in [3.05, 3.63) is 85.1 Å². The molecule has 0 aromatic heterocycles. The fourth-order valence-electron chi connectivity index (χ4n) is 6.81. The van der Waals surface area contributed by atoms with Crippen LogP contribution in [-0.2, 0) is 28.6 Å². The Bertz CT molecular complexity index is 1200. The minimum atomic E-state index is -0.822. The molecule has 0 spiro atoms. The van der Waals surface area contributed by atoms with Gasteiger partial charge in [-0.25, -0.2) is 0 Å². The zero-order valence-electron chi connectivity index (χ0n) is 39.7. The van der Waals surface area contributed by atoms with Gasteiger partial charge in [0.05, 0.1) is 6.42 Å². The molecule has 0 fully saturated rings. The van der Waals surface area contributed by atoms with Crippen LogP contribution in [0.1, 0.15) is 226 Å². The topological polar surface area (TPSA) is 78.9 Å². The molecule has 0 saturated carbocycles. The van der Waals surface area contributed by atoms with E-state index >= 15 is 0 Å². The van der Waals surface area contributed by atoms with Crippen LogP contribution < -0.4 is 0 Å². The molecule has 6 heteroatoms. The number of esters is 3. The van der Waals surface area contributed by atoms with E-state index < -0.39 is 12.1 Å². The van der Waals surface area contributed by atoms with Crippen molar-refractivity contribution in [1.82, 2.24) is 0 Å². The number of ether oxygens (including phenoxy) is 3. The van der Waals surface area contributed by atoms with Gasteiger partial charge < -0.3 is 14.2 Å². The highest BCUT2D eigenvalue weighted by Gasteiger charge is 2.19. The van der Waals surface area contributed by atoms with Crippen molar-refractivity contribution in [2.45, 2.75) is 232 Å². The van der Waals surface area contributed by atoms with Gasteiger partial charge >= 0.3 is 17.9 Å². The Morgan fingerprint density at radius 1 is 0.377 bits per heavy atom. The molecular formula is C55H92O6. The number of hydrogen-bond donors (Lipinski definition) is 0. The van der Waals surface area contributed by atoms with E-state index in [2.05, 4.69) is 69.4 Å². The molecule has 0 bridgehead atoms. The number of allylic oxidation sites excluding steroid dienone is 13. The Kier molecular flexibility index (Phi) is 46.5. The fourth-order valence-corrected chi connectivity index (χ4v) is 6.81. The van der Waals surface area contributed by atoms with Crippen molar-refractivity contribution in [2.24, 2.45) is 0 Å². The van der Waals surface area contributed by atoms with Crippen LogP contribution in [0.3, 0.4) is 0 Å². The highest BCUT2D eigenvalue weighted by Crippen LogP contribution is 2.16. The summed E-state index contributed by atoms with van der Waals surface area (Å²) in [5.41, 5.74) is 0. The summed E-state index contributed by atoms with van der Waals surface area (Å²) in [6.07, 6.45) is 63.2. The average molecular weight is 849 g/mol. The molecule has 0 aromatic carbocycles. The molecule has 0 aliphatic heterocycles. The predicted octanol–water partition coefficient (Wildman–Crippen LogP) is 16.4. The van der Waals surface area contributed by atoms with Crippen LogP contribution in [-0.4, -0.2) is 37.2 Å². The summed E-state index contributed by atoms with van der Waals surface area (Å²) >= 11 is 0. The molecule has 0 saturated heterocycles. The van der Waals surface area contributed by atoms with Crippen LogP contribution in [0.15, 0.2) is 85.1 Å². The van der Waals surface area contributed by atoms with E-state index in [-0.39, 0.29) is 38.0 Å². The molecule has 0 amide bonds. The van der Waals surface area contributed by atoms with E-state index in [9.17, 15) is 14.4 Å².